The van der Waals surface area contributed by atoms with Crippen molar-refractivity contribution >= 4 is 34.0 Å². The van der Waals surface area contributed by atoms with Gasteiger partial charge in [-0.1, -0.05) is 23.5 Å². The molecule has 1 aromatic carbocycles. The minimum atomic E-state index is -0.817. The molecule has 34 heavy (non-hydrogen) atoms. The van der Waals surface area contributed by atoms with Crippen LogP contribution in [0, 0.1) is 0 Å². The number of piperidine rings is 1. The fourth-order valence-electron chi connectivity index (χ4n) is 4.38. The molecule has 1 saturated heterocycles. The Labute approximate surface area is 202 Å². The zero-order chi connectivity index (χ0) is 24.4. The van der Waals surface area contributed by atoms with Crippen LogP contribution in [-0.4, -0.2) is 70.8 Å². The average molecular weight is 483 g/mol. The number of carbonyl (C=O) groups is 2. The lowest BCUT2D eigenvalue weighted by molar-refractivity contribution is 0.0997. The van der Waals surface area contributed by atoms with Gasteiger partial charge in [0.05, 0.1) is 5.56 Å². The molecule has 10 heteroatoms. The molecule has 180 valence electrons. The first-order valence-corrected chi connectivity index (χ1v) is 12.0. The van der Waals surface area contributed by atoms with E-state index >= 15 is 0 Å². The first-order chi connectivity index (χ1) is 16.2. The van der Waals surface area contributed by atoms with Crippen LogP contribution in [0.15, 0.2) is 42.1 Å². The minimum Gasteiger partial charge on any atom is -0.507 e. The lowest BCUT2D eigenvalue weighted by Crippen LogP contribution is -2.45. The summed E-state index contributed by atoms with van der Waals surface area (Å²) in [5.74, 6) is -1.38. The number of nitrogens with zero attached hydrogens (tertiary/aromatic N) is 3. The zero-order valence-corrected chi connectivity index (χ0v) is 20.1. The molecule has 0 saturated carbocycles. The highest BCUT2D eigenvalue weighted by atomic mass is 32.1. The lowest BCUT2D eigenvalue weighted by atomic mass is 9.99. The van der Waals surface area contributed by atoms with Crippen molar-refractivity contribution in [1.29, 1.82) is 0 Å². The summed E-state index contributed by atoms with van der Waals surface area (Å²) in [5, 5.41) is 13.5. The van der Waals surface area contributed by atoms with Crippen molar-refractivity contribution in [2.45, 2.75) is 31.3 Å². The Balaban J connectivity index is 1.39. The highest BCUT2D eigenvalue weighted by molar-refractivity contribution is 7.18. The van der Waals surface area contributed by atoms with E-state index in [1.807, 2.05) is 6.08 Å². The largest absolute Gasteiger partial charge is 0.507 e. The first-order valence-electron chi connectivity index (χ1n) is 11.2. The standard InChI is InChI=1S/C24H30N6O3S/c1-29(2)16-9-11-30(12-10-16)17-6-4-15(5-7-17)27-24-28-22(25)21(34-24)20(32)14-3-8-19(31)18(13-14)23(26)33/h3-6,8,13,16-17,31H,7,9-12,25H2,1-2H3,(H2,26,33)(H,27,28). The van der Waals surface area contributed by atoms with E-state index in [0.29, 0.717) is 17.2 Å². The second-order valence-corrected chi connectivity index (χ2v) is 9.84. The van der Waals surface area contributed by atoms with Crippen molar-refractivity contribution in [3.63, 3.8) is 0 Å². The van der Waals surface area contributed by atoms with Crippen molar-refractivity contribution in [1.82, 2.24) is 14.8 Å². The summed E-state index contributed by atoms with van der Waals surface area (Å²) in [4.78, 5) is 33.8. The Morgan fingerprint density at radius 3 is 2.62 bits per heavy atom. The minimum absolute atomic E-state index is 0.105. The van der Waals surface area contributed by atoms with Crippen LogP contribution in [0.5, 0.6) is 5.75 Å². The number of aromatic nitrogens is 1. The Hall–Kier alpha value is -3.21. The second kappa shape index (κ2) is 9.96. The fraction of sp³-hybridized carbons (Fsp3) is 0.375. The smallest absolute Gasteiger partial charge is 0.252 e. The van der Waals surface area contributed by atoms with E-state index in [1.54, 1.807) is 0 Å². The third kappa shape index (κ3) is 5.14. The number of anilines is 2. The number of nitrogens with two attached hydrogens (primary N) is 2. The van der Waals surface area contributed by atoms with E-state index in [1.165, 1.54) is 31.0 Å². The zero-order valence-electron chi connectivity index (χ0n) is 19.3. The van der Waals surface area contributed by atoms with Crippen LogP contribution >= 0.6 is 11.3 Å². The van der Waals surface area contributed by atoms with E-state index in [0.717, 1.165) is 36.5 Å². The van der Waals surface area contributed by atoms with Gasteiger partial charge in [-0.2, -0.15) is 0 Å². The van der Waals surface area contributed by atoms with Crippen LogP contribution in [0.1, 0.15) is 44.9 Å². The molecule has 4 rings (SSSR count). The van der Waals surface area contributed by atoms with Crippen LogP contribution in [-0.2, 0) is 0 Å². The number of primary amides is 1. The summed E-state index contributed by atoms with van der Waals surface area (Å²) in [5.41, 5.74) is 12.3. The van der Waals surface area contributed by atoms with Crippen LogP contribution in [0.4, 0.5) is 10.9 Å². The number of likely N-dealkylation sites (tertiary alicyclic amines) is 1. The van der Waals surface area contributed by atoms with E-state index < -0.39 is 5.91 Å². The number of phenols is 1. The molecular formula is C24H30N6O3S. The Morgan fingerprint density at radius 2 is 2.00 bits per heavy atom. The van der Waals surface area contributed by atoms with Gasteiger partial charge in [0.2, 0.25) is 5.78 Å². The summed E-state index contributed by atoms with van der Waals surface area (Å²) in [6.45, 7) is 2.19. The van der Waals surface area contributed by atoms with Crippen molar-refractivity contribution in [2.24, 2.45) is 5.73 Å². The van der Waals surface area contributed by atoms with Gasteiger partial charge in [-0.15, -0.1) is 0 Å². The summed E-state index contributed by atoms with van der Waals surface area (Å²) in [6, 6.07) is 5.00. The van der Waals surface area contributed by atoms with Crippen molar-refractivity contribution < 1.29 is 14.7 Å². The highest BCUT2D eigenvalue weighted by Gasteiger charge is 2.26. The molecule has 9 nitrogen and oxygen atoms in total. The van der Waals surface area contributed by atoms with Gasteiger partial charge in [0.15, 0.2) is 5.13 Å². The SMILES string of the molecule is CN(C)C1CCN(C2C=CC(Nc3nc(N)c(C(=O)c4ccc(O)c(C(N)=O)c4)s3)=CC2)CC1. The molecule has 1 atom stereocenters. The highest BCUT2D eigenvalue weighted by Crippen LogP contribution is 2.30. The van der Waals surface area contributed by atoms with Crippen LogP contribution in [0.25, 0.3) is 0 Å². The predicted molar refractivity (Wildman–Crippen MR) is 134 cm³/mol. The Bertz CT molecular complexity index is 1150. The molecule has 0 spiro atoms. The molecule has 0 radical (unpaired) electrons. The van der Waals surface area contributed by atoms with Crippen LogP contribution < -0.4 is 16.8 Å². The summed E-state index contributed by atoms with van der Waals surface area (Å²) in [6.07, 6.45) is 9.67. The molecule has 1 unspecified atom stereocenters. The molecule has 1 aliphatic heterocycles. The number of benzene rings is 1. The molecule has 1 aromatic heterocycles. The third-order valence-corrected chi connectivity index (χ3v) is 7.40. The van der Waals surface area contributed by atoms with Crippen LogP contribution in [0.2, 0.25) is 0 Å². The summed E-state index contributed by atoms with van der Waals surface area (Å²) in [7, 11) is 4.30. The molecule has 1 amide bonds. The second-order valence-electron chi connectivity index (χ2n) is 8.84. The van der Waals surface area contributed by atoms with E-state index in [-0.39, 0.29) is 33.4 Å². The van der Waals surface area contributed by atoms with Gasteiger partial charge >= 0.3 is 0 Å². The third-order valence-electron chi connectivity index (χ3n) is 6.41. The number of nitrogen functional groups attached to an aromatic ring is 1. The maximum absolute atomic E-state index is 12.9. The normalized spacial score (nSPS) is 19.3. The predicted octanol–water partition coefficient (Wildman–Crippen LogP) is 2.41. The number of thiazole rings is 1. The lowest BCUT2D eigenvalue weighted by Gasteiger charge is -2.39. The Morgan fingerprint density at radius 1 is 1.26 bits per heavy atom. The molecule has 6 N–H and O–H groups in total. The van der Waals surface area contributed by atoms with E-state index in [4.69, 9.17) is 11.5 Å². The number of rotatable bonds is 7. The van der Waals surface area contributed by atoms with Gasteiger partial charge in [0, 0.05) is 36.4 Å². The number of carbonyl (C=O) groups excluding carboxylic acids is 2. The van der Waals surface area contributed by atoms with Gasteiger partial charge in [-0.05, 0) is 57.6 Å². The summed E-state index contributed by atoms with van der Waals surface area (Å²) >= 11 is 1.14. The number of hydrogen-bond donors (Lipinski definition) is 4. The van der Waals surface area contributed by atoms with Gasteiger partial charge in [0.25, 0.3) is 5.91 Å². The van der Waals surface area contributed by atoms with Crippen molar-refractivity contribution in [3.05, 3.63) is 58.1 Å². The number of nitrogens with one attached hydrogen (secondary N) is 1. The summed E-state index contributed by atoms with van der Waals surface area (Å²) < 4.78 is 0. The molecule has 1 aliphatic carbocycles. The average Bonchev–Trinajstić information content (AvgIpc) is 3.19. The monoisotopic (exact) mass is 482 g/mol. The van der Waals surface area contributed by atoms with E-state index in [9.17, 15) is 14.7 Å². The first kappa shape index (κ1) is 23.9. The van der Waals surface area contributed by atoms with Crippen LogP contribution in [0.3, 0.4) is 0 Å². The topological polar surface area (TPSA) is 138 Å². The quantitative estimate of drug-likeness (QED) is 0.442. The van der Waals surface area contributed by atoms with Gasteiger partial charge in [-0.3, -0.25) is 14.5 Å². The fourth-order valence-corrected chi connectivity index (χ4v) is 5.25. The molecule has 2 heterocycles. The number of aromatic hydroxyl groups is 1. The molecule has 1 fully saturated rings. The van der Waals surface area contributed by atoms with Crippen molar-refractivity contribution in [3.8, 4) is 5.75 Å². The number of allylic oxidation sites excluding steroid dienone is 1. The van der Waals surface area contributed by atoms with Gasteiger partial charge in [0.1, 0.15) is 16.4 Å². The Kier molecular flexibility index (Phi) is 7.01. The van der Waals surface area contributed by atoms with Crippen molar-refractivity contribution in [2.75, 3.05) is 38.2 Å². The van der Waals surface area contributed by atoms with E-state index in [2.05, 4.69) is 46.3 Å². The number of amides is 1. The molecular weight excluding hydrogens is 452 g/mol. The van der Waals surface area contributed by atoms with Gasteiger partial charge < -0.3 is 26.8 Å². The molecule has 2 aromatic rings. The van der Waals surface area contributed by atoms with Gasteiger partial charge in [-0.25, -0.2) is 4.98 Å². The maximum Gasteiger partial charge on any atom is 0.252 e. The molecule has 0 bridgehead atoms. The number of ketones is 1. The molecule has 2 aliphatic rings. The number of hydrogen-bond acceptors (Lipinski definition) is 9. The maximum atomic E-state index is 12.9.